The van der Waals surface area contributed by atoms with Crippen molar-refractivity contribution in [1.29, 1.82) is 0 Å². The normalized spacial score (nSPS) is 10.1. The van der Waals surface area contributed by atoms with Crippen LogP contribution in [0.15, 0.2) is 36.7 Å². The summed E-state index contributed by atoms with van der Waals surface area (Å²) in [6.45, 7) is 0. The molecule has 2 rings (SSSR count). The number of carboxylic acids is 1. The number of nitrogens with zero attached hydrogens (tertiary/aromatic N) is 1. The summed E-state index contributed by atoms with van der Waals surface area (Å²) in [6.07, 6.45) is 2.45. The third-order valence-corrected chi connectivity index (χ3v) is 2.73. The van der Waals surface area contributed by atoms with Crippen molar-refractivity contribution < 1.29 is 19.1 Å². The number of nitrogens with one attached hydrogen (secondary N) is 1. The van der Waals surface area contributed by atoms with Crippen molar-refractivity contribution in [3.05, 3.63) is 58.6 Å². The van der Waals surface area contributed by atoms with E-state index in [0.717, 1.165) is 18.3 Å². The van der Waals surface area contributed by atoms with E-state index in [1.165, 1.54) is 18.3 Å². The van der Waals surface area contributed by atoms with Gasteiger partial charge in [-0.05, 0) is 24.3 Å². The number of aromatic carboxylic acids is 1. The average molecular weight is 295 g/mol. The summed E-state index contributed by atoms with van der Waals surface area (Å²) >= 11 is 5.76. The van der Waals surface area contributed by atoms with Gasteiger partial charge < -0.3 is 10.4 Å². The van der Waals surface area contributed by atoms with Gasteiger partial charge in [0.05, 0.1) is 28.0 Å². The van der Waals surface area contributed by atoms with Gasteiger partial charge in [-0.3, -0.25) is 9.78 Å². The number of benzene rings is 1. The molecule has 1 heterocycles. The minimum absolute atomic E-state index is 0.0372. The first-order valence-electron chi connectivity index (χ1n) is 5.42. The molecule has 0 aliphatic rings. The minimum atomic E-state index is -1.16. The van der Waals surface area contributed by atoms with Crippen LogP contribution in [0.1, 0.15) is 20.7 Å². The van der Waals surface area contributed by atoms with E-state index in [1.54, 1.807) is 0 Å². The number of carboxylic acid groups (broad SMARTS) is 1. The molecular formula is C13H8ClFN2O3. The summed E-state index contributed by atoms with van der Waals surface area (Å²) < 4.78 is 12.9. The molecule has 2 aromatic rings. The third kappa shape index (κ3) is 3.10. The molecule has 0 saturated heterocycles. The molecule has 0 aliphatic heterocycles. The molecule has 1 aromatic heterocycles. The maximum absolute atomic E-state index is 12.9. The van der Waals surface area contributed by atoms with Gasteiger partial charge in [-0.1, -0.05) is 11.6 Å². The number of hydrogen-bond donors (Lipinski definition) is 2. The fraction of sp³-hybridized carbons (Fsp3) is 0. The molecule has 7 heteroatoms. The van der Waals surface area contributed by atoms with E-state index in [2.05, 4.69) is 10.3 Å². The number of aromatic nitrogens is 1. The van der Waals surface area contributed by atoms with E-state index in [1.807, 2.05) is 0 Å². The standard InChI is InChI=1S/C13H8ClFN2O3/c14-11-4-8(15)1-2-10(11)12(18)17-9-3-7(13(19)20)5-16-6-9/h1-6H,(H,17,18)(H,19,20). The predicted molar refractivity (Wildman–Crippen MR) is 70.6 cm³/mol. The van der Waals surface area contributed by atoms with Crippen LogP contribution in [0.5, 0.6) is 0 Å². The van der Waals surface area contributed by atoms with Gasteiger partial charge in [-0.25, -0.2) is 9.18 Å². The van der Waals surface area contributed by atoms with Gasteiger partial charge >= 0.3 is 5.97 Å². The Morgan fingerprint density at radius 1 is 1.25 bits per heavy atom. The molecule has 0 atom stereocenters. The quantitative estimate of drug-likeness (QED) is 0.912. The molecule has 1 amide bonds. The fourth-order valence-electron chi connectivity index (χ4n) is 1.50. The van der Waals surface area contributed by atoms with Crippen LogP contribution < -0.4 is 5.32 Å². The monoisotopic (exact) mass is 294 g/mol. The first-order valence-corrected chi connectivity index (χ1v) is 5.80. The number of hydrogen-bond acceptors (Lipinski definition) is 3. The van der Waals surface area contributed by atoms with Crippen molar-refractivity contribution in [3.63, 3.8) is 0 Å². The highest BCUT2D eigenvalue weighted by molar-refractivity contribution is 6.34. The van der Waals surface area contributed by atoms with Crippen molar-refractivity contribution in [2.75, 3.05) is 5.32 Å². The van der Waals surface area contributed by atoms with E-state index >= 15 is 0 Å². The van der Waals surface area contributed by atoms with Gasteiger partial charge in [-0.15, -0.1) is 0 Å². The SMILES string of the molecule is O=C(O)c1cncc(NC(=O)c2ccc(F)cc2Cl)c1. The highest BCUT2D eigenvalue weighted by Gasteiger charge is 2.12. The van der Waals surface area contributed by atoms with Crippen molar-refractivity contribution in [1.82, 2.24) is 4.98 Å². The number of pyridine rings is 1. The maximum Gasteiger partial charge on any atom is 0.337 e. The third-order valence-electron chi connectivity index (χ3n) is 2.42. The first kappa shape index (κ1) is 14.0. The Morgan fingerprint density at radius 2 is 2.00 bits per heavy atom. The van der Waals surface area contributed by atoms with E-state index in [4.69, 9.17) is 16.7 Å². The van der Waals surface area contributed by atoms with Crippen molar-refractivity contribution in [2.45, 2.75) is 0 Å². The van der Waals surface area contributed by atoms with Crippen LogP contribution in [0.25, 0.3) is 0 Å². The molecule has 5 nitrogen and oxygen atoms in total. The largest absolute Gasteiger partial charge is 0.478 e. The molecular weight excluding hydrogens is 287 g/mol. The second kappa shape index (κ2) is 5.66. The molecule has 20 heavy (non-hydrogen) atoms. The Bertz CT molecular complexity index is 691. The van der Waals surface area contributed by atoms with Crippen LogP contribution in [0.2, 0.25) is 5.02 Å². The highest BCUT2D eigenvalue weighted by Crippen LogP contribution is 2.19. The second-order valence-electron chi connectivity index (χ2n) is 3.85. The number of anilines is 1. The molecule has 0 spiro atoms. The summed E-state index contributed by atoms with van der Waals surface area (Å²) in [4.78, 5) is 26.4. The highest BCUT2D eigenvalue weighted by atomic mass is 35.5. The van der Waals surface area contributed by atoms with Gasteiger partial charge in [0.15, 0.2) is 0 Å². The topological polar surface area (TPSA) is 79.3 Å². The Labute approximate surface area is 118 Å². The van der Waals surface area contributed by atoms with Crippen LogP contribution in [0.3, 0.4) is 0 Å². The molecule has 0 unspecified atom stereocenters. The lowest BCUT2D eigenvalue weighted by molar-refractivity contribution is 0.0696. The molecule has 2 N–H and O–H groups in total. The Balaban J connectivity index is 2.23. The number of carbonyl (C=O) groups is 2. The molecule has 0 bridgehead atoms. The van der Waals surface area contributed by atoms with Gasteiger partial charge in [0, 0.05) is 6.20 Å². The fourth-order valence-corrected chi connectivity index (χ4v) is 1.75. The lowest BCUT2D eigenvalue weighted by Crippen LogP contribution is -2.13. The Hall–Kier alpha value is -2.47. The molecule has 102 valence electrons. The number of carbonyl (C=O) groups excluding carboxylic acids is 1. The summed E-state index contributed by atoms with van der Waals surface area (Å²) in [5, 5.41) is 11.2. The predicted octanol–water partition coefficient (Wildman–Crippen LogP) is 2.82. The number of amides is 1. The van der Waals surface area contributed by atoms with Crippen molar-refractivity contribution in [2.24, 2.45) is 0 Å². The molecule has 1 aromatic carbocycles. The smallest absolute Gasteiger partial charge is 0.337 e. The maximum atomic E-state index is 12.9. The zero-order valence-electron chi connectivity index (χ0n) is 9.93. The second-order valence-corrected chi connectivity index (χ2v) is 4.25. The van der Waals surface area contributed by atoms with Crippen LogP contribution in [-0.2, 0) is 0 Å². The Morgan fingerprint density at radius 3 is 2.65 bits per heavy atom. The van der Waals surface area contributed by atoms with Crippen molar-refractivity contribution in [3.8, 4) is 0 Å². The summed E-state index contributed by atoms with van der Waals surface area (Å²) in [6, 6.07) is 4.61. The lowest BCUT2D eigenvalue weighted by Gasteiger charge is -2.07. The number of halogens is 2. The molecule has 0 saturated carbocycles. The molecule has 0 fully saturated rings. The van der Waals surface area contributed by atoms with Gasteiger partial charge in [0.2, 0.25) is 0 Å². The summed E-state index contributed by atoms with van der Waals surface area (Å²) in [5.41, 5.74) is 0.220. The van der Waals surface area contributed by atoms with Gasteiger partial charge in [0.1, 0.15) is 5.82 Å². The zero-order valence-corrected chi connectivity index (χ0v) is 10.7. The van der Waals surface area contributed by atoms with E-state index in [-0.39, 0.29) is 21.8 Å². The molecule has 0 radical (unpaired) electrons. The Kier molecular flexibility index (Phi) is 3.95. The van der Waals surface area contributed by atoms with Crippen LogP contribution in [0, 0.1) is 5.82 Å². The average Bonchev–Trinajstić information content (AvgIpc) is 2.38. The molecule has 0 aliphatic carbocycles. The zero-order chi connectivity index (χ0) is 14.7. The van der Waals surface area contributed by atoms with Crippen molar-refractivity contribution >= 4 is 29.2 Å². The minimum Gasteiger partial charge on any atom is -0.478 e. The van der Waals surface area contributed by atoms with Gasteiger partial charge in [0.25, 0.3) is 5.91 Å². The van der Waals surface area contributed by atoms with Crippen LogP contribution >= 0.6 is 11.6 Å². The van der Waals surface area contributed by atoms with E-state index < -0.39 is 17.7 Å². The van der Waals surface area contributed by atoms with Crippen LogP contribution in [0.4, 0.5) is 10.1 Å². The lowest BCUT2D eigenvalue weighted by atomic mass is 10.2. The van der Waals surface area contributed by atoms with E-state index in [9.17, 15) is 14.0 Å². The van der Waals surface area contributed by atoms with Crippen LogP contribution in [-0.4, -0.2) is 22.0 Å². The summed E-state index contributed by atoms with van der Waals surface area (Å²) in [7, 11) is 0. The first-order chi connectivity index (χ1) is 9.47. The van der Waals surface area contributed by atoms with Gasteiger partial charge in [-0.2, -0.15) is 0 Å². The summed E-state index contributed by atoms with van der Waals surface area (Å²) in [5.74, 6) is -2.30. The number of rotatable bonds is 3. The van der Waals surface area contributed by atoms with E-state index in [0.29, 0.717) is 0 Å².